The number of aliphatic carboxylic acids is 1. The maximum atomic E-state index is 11.9. The third-order valence-electron chi connectivity index (χ3n) is 6.29. The summed E-state index contributed by atoms with van der Waals surface area (Å²) in [6, 6.07) is -1.74. The summed E-state index contributed by atoms with van der Waals surface area (Å²) in [5.74, 6) is -2.61. The van der Waals surface area contributed by atoms with Crippen LogP contribution in [0.5, 0.6) is 0 Å². The molecule has 36 heavy (non-hydrogen) atoms. The minimum Gasteiger partial charge on any atom is -0.480 e. The molecular formula is C20H30N4O10S2. The van der Waals surface area contributed by atoms with Gasteiger partial charge in [-0.25, -0.2) is 9.59 Å². The van der Waals surface area contributed by atoms with Crippen molar-refractivity contribution >= 4 is 51.9 Å². The number of carboxylic acid groups (broad SMARTS) is 1. The van der Waals surface area contributed by atoms with E-state index in [2.05, 4.69) is 10.6 Å². The van der Waals surface area contributed by atoms with Crippen LogP contribution >= 0.6 is 11.8 Å². The number of nitrogens with one attached hydrogen (secondary N) is 2. The minimum atomic E-state index is -4.80. The van der Waals surface area contributed by atoms with Crippen molar-refractivity contribution in [2.24, 2.45) is 0 Å². The van der Waals surface area contributed by atoms with Crippen LogP contribution in [-0.4, -0.2) is 92.9 Å². The summed E-state index contributed by atoms with van der Waals surface area (Å²) in [4.78, 5) is 62.8. The smallest absolute Gasteiger partial charge is 0.336 e. The van der Waals surface area contributed by atoms with E-state index < -0.39 is 40.1 Å². The summed E-state index contributed by atoms with van der Waals surface area (Å²) >= 11 is 1.66. The van der Waals surface area contributed by atoms with Crippen molar-refractivity contribution in [1.29, 1.82) is 0 Å². The van der Waals surface area contributed by atoms with Gasteiger partial charge in [-0.05, 0) is 25.7 Å². The van der Waals surface area contributed by atoms with Crippen molar-refractivity contribution in [2.75, 3.05) is 12.3 Å². The van der Waals surface area contributed by atoms with Gasteiger partial charge in [-0.3, -0.25) is 18.9 Å². The maximum absolute atomic E-state index is 11.9. The molecule has 3 rings (SSSR count). The number of hydrogen-bond acceptors (Lipinski definition) is 9. The van der Waals surface area contributed by atoms with E-state index in [-0.39, 0.29) is 68.4 Å². The Morgan fingerprint density at radius 1 is 1.11 bits per heavy atom. The second kappa shape index (κ2) is 12.2. The zero-order valence-corrected chi connectivity index (χ0v) is 21.1. The molecule has 4 amide bonds. The van der Waals surface area contributed by atoms with Crippen LogP contribution in [0.25, 0.3) is 0 Å². The number of unbranched alkanes of at least 4 members (excludes halogenated alkanes) is 2. The van der Waals surface area contributed by atoms with Crippen molar-refractivity contribution in [2.45, 2.75) is 81.2 Å². The van der Waals surface area contributed by atoms with Crippen molar-refractivity contribution in [3.63, 3.8) is 0 Å². The number of hydrogen-bond donors (Lipinski definition) is 4. The van der Waals surface area contributed by atoms with Crippen molar-refractivity contribution in [3.8, 4) is 0 Å². The highest BCUT2D eigenvalue weighted by Gasteiger charge is 2.43. The van der Waals surface area contributed by atoms with Crippen LogP contribution in [0.3, 0.4) is 0 Å². The molecule has 0 aromatic rings. The SMILES string of the molecule is O=C1N[C@H]2[C@H](CS[C@H]2CCCC(C(=O)O)N(CCCCCC(=O)ON2C(=O)CCC2=O)S(=O)(=O)O)N1. The van der Waals surface area contributed by atoms with Crippen molar-refractivity contribution in [3.05, 3.63) is 0 Å². The Morgan fingerprint density at radius 3 is 2.44 bits per heavy atom. The first-order chi connectivity index (χ1) is 17.0. The highest BCUT2D eigenvalue weighted by atomic mass is 32.2. The Labute approximate surface area is 212 Å². The van der Waals surface area contributed by atoms with E-state index in [9.17, 15) is 42.0 Å². The first kappa shape index (κ1) is 28.1. The van der Waals surface area contributed by atoms with Crippen molar-refractivity contribution in [1.82, 2.24) is 20.0 Å². The number of carbonyl (C=O) groups excluding carboxylic acids is 4. The molecule has 14 nitrogen and oxygen atoms in total. The molecule has 0 bridgehead atoms. The van der Waals surface area contributed by atoms with Gasteiger partial charge in [0, 0.05) is 36.8 Å². The van der Waals surface area contributed by atoms with Crippen LogP contribution in [0.1, 0.15) is 57.8 Å². The molecule has 0 spiro atoms. The van der Waals surface area contributed by atoms with E-state index in [0.717, 1.165) is 5.75 Å². The average Bonchev–Trinajstić information content (AvgIpc) is 3.43. The molecule has 0 radical (unpaired) electrons. The number of imide groups is 1. The molecule has 3 fully saturated rings. The number of nitrogens with zero attached hydrogens (tertiary/aromatic N) is 2. The zero-order valence-electron chi connectivity index (χ0n) is 19.5. The van der Waals surface area contributed by atoms with Gasteiger partial charge < -0.3 is 20.6 Å². The van der Waals surface area contributed by atoms with Gasteiger partial charge in [-0.1, -0.05) is 12.8 Å². The van der Waals surface area contributed by atoms with E-state index in [4.69, 9.17) is 4.84 Å². The molecule has 202 valence electrons. The van der Waals surface area contributed by atoms with Crippen LogP contribution in [0.2, 0.25) is 0 Å². The third kappa shape index (κ3) is 7.30. The van der Waals surface area contributed by atoms with E-state index in [1.165, 1.54) is 0 Å². The lowest BCUT2D eigenvalue weighted by Gasteiger charge is -2.26. The summed E-state index contributed by atoms with van der Waals surface area (Å²) in [5.41, 5.74) is 0. The number of urea groups is 1. The predicted octanol–water partition coefficient (Wildman–Crippen LogP) is 0.0477. The largest absolute Gasteiger partial charge is 0.480 e. The maximum Gasteiger partial charge on any atom is 0.336 e. The molecule has 3 heterocycles. The van der Waals surface area contributed by atoms with Gasteiger partial charge in [0.15, 0.2) is 0 Å². The molecule has 0 saturated carbocycles. The van der Waals surface area contributed by atoms with Gasteiger partial charge in [0.25, 0.3) is 11.8 Å². The molecule has 0 aromatic heterocycles. The normalized spacial score (nSPS) is 24.6. The summed E-state index contributed by atoms with van der Waals surface area (Å²) in [6.45, 7) is -0.267. The Kier molecular flexibility index (Phi) is 9.54. The van der Waals surface area contributed by atoms with Crippen LogP contribution in [0, 0.1) is 0 Å². The van der Waals surface area contributed by atoms with Gasteiger partial charge in [-0.2, -0.15) is 24.5 Å². The first-order valence-electron chi connectivity index (χ1n) is 11.7. The number of carboxylic acids is 1. The molecule has 4 N–H and O–H groups in total. The monoisotopic (exact) mass is 550 g/mol. The lowest BCUT2D eigenvalue weighted by atomic mass is 10.0. The van der Waals surface area contributed by atoms with Gasteiger partial charge in [0.2, 0.25) is 0 Å². The molecule has 1 unspecified atom stereocenters. The Hall–Kier alpha value is -2.43. The number of fused-ring (bicyclic) bond motifs is 1. The molecule has 0 aromatic carbocycles. The second-order valence-corrected chi connectivity index (χ2v) is 11.5. The Morgan fingerprint density at radius 2 is 1.81 bits per heavy atom. The van der Waals surface area contributed by atoms with E-state index in [1.54, 1.807) is 11.8 Å². The highest BCUT2D eigenvalue weighted by Crippen LogP contribution is 2.33. The standard InChI is InChI=1S/C20H30N4O10S2/c25-15-8-9-16(26)24(15)34-17(27)7-2-1-3-10-23(36(31,32)33)13(19(28)29)5-4-6-14-18-12(11-35-14)21-20(30)22-18/h12-14,18H,1-11H2,(H,28,29)(H2,21,22,30)(H,31,32,33)/t12-,13?,14-,18-/m0/s1. The first-order valence-corrected chi connectivity index (χ1v) is 14.1. The number of hydroxylamine groups is 2. The summed E-state index contributed by atoms with van der Waals surface area (Å²) in [7, 11) is -4.80. The lowest BCUT2D eigenvalue weighted by Crippen LogP contribution is -2.45. The molecular weight excluding hydrogens is 520 g/mol. The molecule has 0 aliphatic carbocycles. The zero-order chi connectivity index (χ0) is 26.5. The predicted molar refractivity (Wildman–Crippen MR) is 125 cm³/mol. The van der Waals surface area contributed by atoms with Crippen LogP contribution in [0.15, 0.2) is 0 Å². The topological polar surface area (TPSA) is 200 Å². The fourth-order valence-electron chi connectivity index (χ4n) is 4.50. The minimum absolute atomic E-state index is 0.0172. The number of amides is 4. The highest BCUT2D eigenvalue weighted by molar-refractivity contribution is 8.00. The molecule has 4 atom stereocenters. The molecule has 3 saturated heterocycles. The summed E-state index contributed by atoms with van der Waals surface area (Å²) in [5, 5.41) is 15.8. The fourth-order valence-corrected chi connectivity index (χ4v) is 6.92. The van der Waals surface area contributed by atoms with E-state index in [1.807, 2.05) is 0 Å². The third-order valence-corrected chi connectivity index (χ3v) is 8.83. The molecule has 16 heteroatoms. The van der Waals surface area contributed by atoms with E-state index >= 15 is 0 Å². The lowest BCUT2D eigenvalue weighted by molar-refractivity contribution is -0.197. The molecule has 3 aliphatic heterocycles. The number of rotatable bonds is 14. The van der Waals surface area contributed by atoms with Gasteiger partial charge >= 0.3 is 28.3 Å². The van der Waals surface area contributed by atoms with Crippen LogP contribution < -0.4 is 10.6 Å². The quantitative estimate of drug-likeness (QED) is 0.0985. The van der Waals surface area contributed by atoms with Gasteiger partial charge in [0.05, 0.1) is 12.1 Å². The number of carbonyl (C=O) groups is 5. The van der Waals surface area contributed by atoms with Crippen LogP contribution in [0.4, 0.5) is 4.79 Å². The van der Waals surface area contributed by atoms with Crippen LogP contribution in [-0.2, 0) is 34.3 Å². The Balaban J connectivity index is 1.43. The van der Waals surface area contributed by atoms with Gasteiger partial charge in [-0.15, -0.1) is 5.06 Å². The fraction of sp³-hybridized carbons (Fsp3) is 0.750. The molecule has 3 aliphatic rings. The second-order valence-electron chi connectivity index (χ2n) is 8.85. The van der Waals surface area contributed by atoms with E-state index in [0.29, 0.717) is 28.6 Å². The van der Waals surface area contributed by atoms with Gasteiger partial charge in [0.1, 0.15) is 6.04 Å². The Bertz CT molecular complexity index is 975. The average molecular weight is 551 g/mol. The number of thioether (sulfide) groups is 1. The summed E-state index contributed by atoms with van der Waals surface area (Å²) in [6.07, 6.45) is 1.48. The van der Waals surface area contributed by atoms with Crippen molar-refractivity contribution < 1.29 is 46.9 Å². The summed E-state index contributed by atoms with van der Waals surface area (Å²) < 4.78 is 34.0.